The maximum Gasteiger partial charge on any atom is 0.249 e. The molecule has 0 saturated heterocycles. The van der Waals surface area contributed by atoms with E-state index in [0.717, 1.165) is 44.9 Å². The Morgan fingerprint density at radius 2 is 1.05 bits per heavy atom. The fourth-order valence-corrected chi connectivity index (χ4v) is 5.05. The van der Waals surface area contributed by atoms with E-state index < -0.39 is 24.2 Å². The molecule has 0 spiro atoms. The van der Waals surface area contributed by atoms with E-state index in [-0.39, 0.29) is 6.61 Å². The molecule has 1 amide bonds. The molecule has 0 aromatic rings. The van der Waals surface area contributed by atoms with Crippen LogP contribution in [0, 0.1) is 0 Å². The van der Waals surface area contributed by atoms with E-state index in [4.69, 9.17) is 0 Å². The fourth-order valence-electron chi connectivity index (χ4n) is 5.05. The number of allylic oxidation sites excluding steroid dienone is 5. The van der Waals surface area contributed by atoms with Crippen molar-refractivity contribution in [1.82, 2.24) is 5.32 Å². The lowest BCUT2D eigenvalue weighted by Crippen LogP contribution is -2.48. The van der Waals surface area contributed by atoms with Crippen molar-refractivity contribution in [3.63, 3.8) is 0 Å². The smallest absolute Gasteiger partial charge is 0.249 e. The zero-order chi connectivity index (χ0) is 30.2. The first-order chi connectivity index (χ1) is 20.1. The van der Waals surface area contributed by atoms with Gasteiger partial charge in [-0.1, -0.05) is 159 Å². The van der Waals surface area contributed by atoms with E-state index in [1.165, 1.54) is 96.3 Å². The molecule has 5 nitrogen and oxygen atoms in total. The van der Waals surface area contributed by atoms with Gasteiger partial charge in [-0.25, -0.2) is 0 Å². The summed E-state index contributed by atoms with van der Waals surface area (Å²) in [6.45, 7) is 3.91. The van der Waals surface area contributed by atoms with Crippen LogP contribution in [0.5, 0.6) is 0 Å². The van der Waals surface area contributed by atoms with Crippen LogP contribution in [-0.4, -0.2) is 46.1 Å². The van der Waals surface area contributed by atoms with Crippen LogP contribution < -0.4 is 5.32 Å². The highest BCUT2D eigenvalue weighted by Crippen LogP contribution is 2.15. The van der Waals surface area contributed by atoms with Crippen LogP contribution in [0.4, 0.5) is 0 Å². The number of nitrogens with one attached hydrogen (secondary N) is 1. The van der Waals surface area contributed by atoms with Crippen LogP contribution in [-0.2, 0) is 4.79 Å². The molecule has 0 radical (unpaired) electrons. The predicted octanol–water partition coefficient (Wildman–Crippen LogP) is 8.87. The molecule has 0 rings (SSSR count). The van der Waals surface area contributed by atoms with E-state index in [1.807, 2.05) is 13.0 Å². The van der Waals surface area contributed by atoms with Gasteiger partial charge in [0.05, 0.1) is 18.8 Å². The van der Waals surface area contributed by atoms with Gasteiger partial charge in [-0.3, -0.25) is 4.79 Å². The van der Waals surface area contributed by atoms with Gasteiger partial charge in [0.25, 0.3) is 0 Å². The lowest BCUT2D eigenvalue weighted by atomic mass is 10.0. The largest absolute Gasteiger partial charge is 0.394 e. The van der Waals surface area contributed by atoms with Crippen molar-refractivity contribution in [2.24, 2.45) is 0 Å². The summed E-state index contributed by atoms with van der Waals surface area (Å²) in [5, 5.41) is 32.7. The molecule has 0 heterocycles. The van der Waals surface area contributed by atoms with Gasteiger partial charge >= 0.3 is 0 Å². The summed E-state index contributed by atoms with van der Waals surface area (Å²) in [6, 6.07) is -0.815. The van der Waals surface area contributed by atoms with E-state index in [2.05, 4.69) is 36.5 Å². The molecule has 3 unspecified atom stereocenters. The Morgan fingerprint density at radius 3 is 1.49 bits per heavy atom. The van der Waals surface area contributed by atoms with Crippen LogP contribution >= 0.6 is 0 Å². The highest BCUT2D eigenvalue weighted by molar-refractivity contribution is 5.80. The number of hydrogen-bond acceptors (Lipinski definition) is 4. The molecule has 3 atom stereocenters. The van der Waals surface area contributed by atoms with Crippen LogP contribution in [0.25, 0.3) is 0 Å². The molecule has 0 aliphatic heterocycles. The first kappa shape index (κ1) is 39.6. The van der Waals surface area contributed by atoms with E-state index in [9.17, 15) is 20.1 Å². The number of rotatable bonds is 30. The highest BCUT2D eigenvalue weighted by Gasteiger charge is 2.22. The zero-order valence-corrected chi connectivity index (χ0v) is 26.9. The number of aliphatic hydroxyl groups excluding tert-OH is 3. The van der Waals surface area contributed by atoms with Crippen LogP contribution in [0.3, 0.4) is 0 Å². The zero-order valence-electron chi connectivity index (χ0n) is 26.9. The van der Waals surface area contributed by atoms with Gasteiger partial charge in [-0.15, -0.1) is 0 Å². The molecule has 0 fully saturated rings. The molecule has 5 heteroatoms. The van der Waals surface area contributed by atoms with Crippen molar-refractivity contribution < 1.29 is 20.1 Å². The Balaban J connectivity index is 3.71. The standard InChI is InChI=1S/C36H67NO4/c1-3-5-7-9-11-13-14-15-16-17-18-19-20-21-23-25-27-29-31-35(40)36(41)37-33(32-38)34(39)30-28-26-24-22-12-10-8-6-4-2/h4,6,12,22,28,30,33-35,38-40H,3,5,7-11,13-21,23-27,29,31-32H2,1-2H3,(H,37,41)/b6-4+,22-12+,30-28+. The van der Waals surface area contributed by atoms with E-state index in [0.29, 0.717) is 6.42 Å². The quantitative estimate of drug-likeness (QED) is 0.0507. The topological polar surface area (TPSA) is 89.8 Å². The van der Waals surface area contributed by atoms with E-state index in [1.54, 1.807) is 6.08 Å². The second kappa shape index (κ2) is 31.5. The molecule has 0 aliphatic carbocycles. The second-order valence-electron chi connectivity index (χ2n) is 11.7. The maximum atomic E-state index is 12.3. The molecule has 0 aromatic carbocycles. The van der Waals surface area contributed by atoms with Gasteiger partial charge in [0.15, 0.2) is 0 Å². The van der Waals surface area contributed by atoms with Crippen molar-refractivity contribution in [3.05, 3.63) is 36.5 Å². The Morgan fingerprint density at radius 1 is 0.634 bits per heavy atom. The van der Waals surface area contributed by atoms with Gasteiger partial charge in [-0.05, 0) is 39.0 Å². The molecule has 240 valence electrons. The van der Waals surface area contributed by atoms with Gasteiger partial charge in [-0.2, -0.15) is 0 Å². The number of carbonyl (C=O) groups is 1. The van der Waals surface area contributed by atoms with E-state index >= 15 is 0 Å². The number of carbonyl (C=O) groups excluding carboxylic acids is 1. The summed E-state index contributed by atoms with van der Waals surface area (Å²) < 4.78 is 0. The molecule has 0 saturated carbocycles. The van der Waals surface area contributed by atoms with Crippen LogP contribution in [0.15, 0.2) is 36.5 Å². The summed E-state index contributed by atoms with van der Waals surface area (Å²) in [5.41, 5.74) is 0. The van der Waals surface area contributed by atoms with Crippen molar-refractivity contribution >= 4 is 5.91 Å². The molecule has 4 N–H and O–H groups in total. The Hall–Kier alpha value is -1.43. The fraction of sp³-hybridized carbons (Fsp3) is 0.806. The Labute approximate surface area is 254 Å². The molecule has 0 aliphatic rings. The van der Waals surface area contributed by atoms with Crippen molar-refractivity contribution in [2.75, 3.05) is 6.61 Å². The summed E-state index contributed by atoms with van der Waals surface area (Å²) >= 11 is 0. The van der Waals surface area contributed by atoms with Gasteiger partial charge in [0, 0.05) is 0 Å². The lowest BCUT2D eigenvalue weighted by Gasteiger charge is -2.21. The molecule has 0 aromatic heterocycles. The van der Waals surface area contributed by atoms with Gasteiger partial charge in [0.1, 0.15) is 6.10 Å². The Bertz CT molecular complexity index is 645. The van der Waals surface area contributed by atoms with Crippen molar-refractivity contribution in [1.29, 1.82) is 0 Å². The first-order valence-corrected chi connectivity index (χ1v) is 17.3. The monoisotopic (exact) mass is 578 g/mol. The molecular weight excluding hydrogens is 510 g/mol. The molecule has 0 bridgehead atoms. The maximum absolute atomic E-state index is 12.3. The molecule has 41 heavy (non-hydrogen) atoms. The lowest BCUT2D eigenvalue weighted by molar-refractivity contribution is -0.131. The predicted molar refractivity (Wildman–Crippen MR) is 176 cm³/mol. The highest BCUT2D eigenvalue weighted by atomic mass is 16.3. The van der Waals surface area contributed by atoms with Gasteiger partial charge in [0.2, 0.25) is 5.91 Å². The van der Waals surface area contributed by atoms with Gasteiger partial charge < -0.3 is 20.6 Å². The number of unbranched alkanes of at least 4 members (excludes halogenated alkanes) is 19. The van der Waals surface area contributed by atoms with Crippen LogP contribution in [0.1, 0.15) is 162 Å². The number of aliphatic hydroxyl groups is 3. The average molecular weight is 578 g/mol. The summed E-state index contributed by atoms with van der Waals surface area (Å²) in [4.78, 5) is 12.3. The number of amides is 1. The summed E-state index contributed by atoms with van der Waals surface area (Å²) in [7, 11) is 0. The van der Waals surface area contributed by atoms with Crippen molar-refractivity contribution in [2.45, 2.75) is 180 Å². The molecular formula is C36H67NO4. The minimum atomic E-state index is -1.10. The normalized spacial score (nSPS) is 14.4. The van der Waals surface area contributed by atoms with Crippen LogP contribution in [0.2, 0.25) is 0 Å². The minimum absolute atomic E-state index is 0.381. The summed E-state index contributed by atoms with van der Waals surface area (Å²) in [6.07, 6.45) is 37.5. The third-order valence-corrected chi connectivity index (χ3v) is 7.81. The summed E-state index contributed by atoms with van der Waals surface area (Å²) in [5.74, 6) is -0.521. The third-order valence-electron chi connectivity index (χ3n) is 7.81. The SMILES string of the molecule is C/C=C/CC/C=C/CC/C=C/C(O)C(CO)NC(=O)C(O)CCCCCCCCCCCCCCCCCCCC. The second-order valence-corrected chi connectivity index (χ2v) is 11.7. The first-order valence-electron chi connectivity index (χ1n) is 17.3. The minimum Gasteiger partial charge on any atom is -0.394 e. The van der Waals surface area contributed by atoms with Crippen molar-refractivity contribution in [3.8, 4) is 0 Å². The number of hydrogen-bond donors (Lipinski definition) is 4. The Kier molecular flexibility index (Phi) is 30.4. The average Bonchev–Trinajstić information content (AvgIpc) is 2.98. The third kappa shape index (κ3) is 27.2.